The van der Waals surface area contributed by atoms with Crippen LogP contribution in [0.15, 0.2) is 0 Å². The third kappa shape index (κ3) is 21.7. The van der Waals surface area contributed by atoms with Gasteiger partial charge >= 0.3 is 34.4 Å². The van der Waals surface area contributed by atoms with E-state index < -0.39 is 7.81 Å². The van der Waals surface area contributed by atoms with Gasteiger partial charge in [-0.05, 0) is 14.1 Å². The zero-order chi connectivity index (χ0) is 13.8. The molecule has 0 N–H and O–H groups in total. The molecule has 0 unspecified atom stereocenters. The van der Waals surface area contributed by atoms with Gasteiger partial charge in [0.2, 0.25) is 0 Å². The van der Waals surface area contributed by atoms with E-state index >= 15 is 0 Å². The molecule has 0 radical (unpaired) electrons. The normalized spacial score (nSPS) is 22.4. The van der Waals surface area contributed by atoms with E-state index in [4.69, 9.17) is 4.74 Å². The predicted octanol–water partition coefficient (Wildman–Crippen LogP) is 3.33. The molecule has 0 spiro atoms. The van der Waals surface area contributed by atoms with Gasteiger partial charge in [0.05, 0.1) is 19.9 Å². The number of hydrogen-bond acceptors (Lipinski definition) is 3. The Labute approximate surface area is 97.0 Å². The first-order valence-electron chi connectivity index (χ1n) is 4.75. The van der Waals surface area contributed by atoms with Gasteiger partial charge in [0.25, 0.3) is 0 Å². The van der Waals surface area contributed by atoms with E-state index in [2.05, 4.69) is 23.9 Å². The molecule has 10 heteroatoms. The van der Waals surface area contributed by atoms with E-state index in [0.29, 0.717) is 0 Å². The summed E-state index contributed by atoms with van der Waals surface area (Å²) in [5, 5.41) is 0. The Kier molecular flexibility index (Phi) is 4.84. The second-order valence-corrected chi connectivity index (χ2v) is 5.83. The Hall–Kier alpha value is -0.110. The van der Waals surface area contributed by atoms with Crippen LogP contribution in [0.4, 0.5) is 25.2 Å². The molecule has 1 aliphatic heterocycles. The second kappa shape index (κ2) is 4.87. The Balaban J connectivity index is 0. The zero-order valence-electron chi connectivity index (χ0n) is 10.6. The van der Waals surface area contributed by atoms with E-state index in [0.717, 1.165) is 33.0 Å². The molecule has 0 bridgehead atoms. The van der Waals surface area contributed by atoms with Crippen LogP contribution >= 0.6 is 7.81 Å². The summed E-state index contributed by atoms with van der Waals surface area (Å²) in [6.45, 7) is 5.02. The molecule has 108 valence electrons. The monoisotopic (exact) mass is 290 g/mol. The number of ether oxygens (including phenoxy) is 1. The maximum Gasteiger partial charge on any atom is 1.00 e. The van der Waals surface area contributed by atoms with Crippen LogP contribution in [-0.4, -0.2) is 56.9 Å². The fourth-order valence-corrected chi connectivity index (χ4v) is 1.14. The standard InChI is InChI=1S/C7H16N2O.F6P/c1-8(2)7-9-3-5-10-6-4-9;1-7(2,3,4,5)6/h3-7H2,1-2H3;/q;-1/p+1. The topological polar surface area (TPSA) is 15.7 Å². The van der Waals surface area contributed by atoms with Crippen LogP contribution in [0.25, 0.3) is 0 Å². The molecule has 1 fully saturated rings. The molecule has 0 atom stereocenters. The summed E-state index contributed by atoms with van der Waals surface area (Å²) in [5.74, 6) is 0. The molecule has 0 amide bonds. The molecule has 17 heavy (non-hydrogen) atoms. The number of nitrogens with zero attached hydrogens (tertiary/aromatic N) is 2. The summed E-state index contributed by atoms with van der Waals surface area (Å²) in [5.41, 5.74) is 0. The van der Waals surface area contributed by atoms with Crippen LogP contribution in [-0.2, 0) is 4.74 Å². The van der Waals surface area contributed by atoms with Crippen molar-refractivity contribution >= 4 is 7.81 Å². The van der Waals surface area contributed by atoms with Gasteiger partial charge in [-0.3, -0.25) is 9.80 Å². The van der Waals surface area contributed by atoms with E-state index in [1.807, 2.05) is 0 Å². The van der Waals surface area contributed by atoms with E-state index in [1.165, 1.54) is 0 Å². The molecule has 0 aliphatic carbocycles. The Morgan fingerprint density at radius 2 is 1.41 bits per heavy atom. The first kappa shape index (κ1) is 16.9. The van der Waals surface area contributed by atoms with Crippen LogP contribution < -0.4 is 0 Å². The maximum absolute atomic E-state index is 10.7. The number of morpholine rings is 1. The summed E-state index contributed by atoms with van der Waals surface area (Å²) in [6, 6.07) is 0. The van der Waals surface area contributed by atoms with Crippen LogP contribution in [0.1, 0.15) is 1.43 Å². The Morgan fingerprint density at radius 3 is 1.71 bits per heavy atom. The van der Waals surface area contributed by atoms with Crippen LogP contribution in [0, 0.1) is 0 Å². The average Bonchev–Trinajstić information content (AvgIpc) is 1.98. The molecule has 0 aromatic heterocycles. The number of hydrogen-bond donors (Lipinski definition) is 0. The van der Waals surface area contributed by atoms with Crippen LogP contribution in [0.2, 0.25) is 0 Å². The molecule has 3 nitrogen and oxygen atoms in total. The van der Waals surface area contributed by atoms with Crippen molar-refractivity contribution in [3.8, 4) is 0 Å². The maximum atomic E-state index is 9.87. The van der Waals surface area contributed by atoms with Crippen molar-refractivity contribution in [2.75, 3.05) is 47.1 Å². The summed E-state index contributed by atoms with van der Waals surface area (Å²) in [6.07, 6.45) is 0. The van der Waals surface area contributed by atoms with Crippen molar-refractivity contribution in [2.24, 2.45) is 0 Å². The summed E-state index contributed by atoms with van der Waals surface area (Å²) in [7, 11) is -6.47. The third-order valence-corrected chi connectivity index (χ3v) is 1.59. The zero-order valence-corrected chi connectivity index (χ0v) is 10.4. The van der Waals surface area contributed by atoms with Crippen molar-refractivity contribution in [1.29, 1.82) is 0 Å². The first-order chi connectivity index (χ1) is 7.24. The van der Waals surface area contributed by atoms with Crippen molar-refractivity contribution in [3.63, 3.8) is 0 Å². The number of rotatable bonds is 2. The fraction of sp³-hybridized carbons (Fsp3) is 1.00. The average molecular weight is 290 g/mol. The minimum absolute atomic E-state index is 0. The van der Waals surface area contributed by atoms with Gasteiger partial charge in [-0.15, -0.1) is 0 Å². The van der Waals surface area contributed by atoms with Crippen molar-refractivity contribution in [3.05, 3.63) is 0 Å². The van der Waals surface area contributed by atoms with Crippen LogP contribution in [0.3, 0.4) is 0 Å². The molecule has 1 saturated heterocycles. The molecule has 1 rings (SSSR count). The van der Waals surface area contributed by atoms with Gasteiger partial charge in [-0.25, -0.2) is 0 Å². The summed E-state index contributed by atoms with van der Waals surface area (Å²) >= 11 is 0. The summed E-state index contributed by atoms with van der Waals surface area (Å²) in [4.78, 5) is 4.58. The minimum Gasteiger partial charge on any atom is 1.00 e. The number of halogens is 6. The van der Waals surface area contributed by atoms with Crippen molar-refractivity contribution in [2.45, 2.75) is 0 Å². The van der Waals surface area contributed by atoms with Crippen molar-refractivity contribution in [1.82, 2.24) is 9.80 Å². The Bertz CT molecular complexity index is 228. The van der Waals surface area contributed by atoms with E-state index in [1.54, 1.807) is 0 Å². The first-order valence-corrected chi connectivity index (χ1v) is 6.78. The van der Waals surface area contributed by atoms with Gasteiger partial charge in [0.15, 0.2) is 0 Å². The molecular formula is C7H17F6N2OP. The minimum atomic E-state index is -10.7. The van der Waals surface area contributed by atoms with E-state index in [-0.39, 0.29) is 1.43 Å². The second-order valence-electron chi connectivity index (χ2n) is 3.91. The van der Waals surface area contributed by atoms with Gasteiger partial charge in [0.1, 0.15) is 0 Å². The smallest absolute Gasteiger partial charge is 1.00 e. The summed E-state index contributed by atoms with van der Waals surface area (Å²) < 4.78 is 64.4. The van der Waals surface area contributed by atoms with Gasteiger partial charge in [0, 0.05) is 13.1 Å². The quantitative estimate of drug-likeness (QED) is 0.573. The molecule has 0 aromatic rings. The van der Waals surface area contributed by atoms with E-state index in [9.17, 15) is 25.2 Å². The van der Waals surface area contributed by atoms with Crippen molar-refractivity contribution < 1.29 is 31.3 Å². The molecular weight excluding hydrogens is 273 g/mol. The molecule has 0 aromatic carbocycles. The third-order valence-electron chi connectivity index (χ3n) is 1.59. The SMILES string of the molecule is CN(C)CN1CCOCC1.F[P-](F)(F)(F)(F)F.[H+]. The van der Waals surface area contributed by atoms with Gasteiger partial charge in [-0.2, -0.15) is 0 Å². The van der Waals surface area contributed by atoms with Crippen LogP contribution in [0.5, 0.6) is 0 Å². The molecule has 1 aliphatic rings. The predicted molar refractivity (Wildman–Crippen MR) is 55.6 cm³/mol. The van der Waals surface area contributed by atoms with Gasteiger partial charge < -0.3 is 4.74 Å². The van der Waals surface area contributed by atoms with Gasteiger partial charge in [-0.1, -0.05) is 0 Å². The Morgan fingerprint density at radius 1 is 1.06 bits per heavy atom. The molecule has 1 heterocycles. The fourth-order valence-electron chi connectivity index (χ4n) is 1.14. The molecule has 0 saturated carbocycles. The largest absolute Gasteiger partial charge is 1.00 e.